The van der Waals surface area contributed by atoms with E-state index in [0.29, 0.717) is 11.4 Å². The molecule has 0 unspecified atom stereocenters. The van der Waals surface area contributed by atoms with E-state index in [1.54, 1.807) is 25.1 Å². The number of halogens is 1. The summed E-state index contributed by atoms with van der Waals surface area (Å²) in [4.78, 5) is 13.4. The number of amides is 1. The molecule has 1 heterocycles. The van der Waals surface area contributed by atoms with Crippen LogP contribution in [0.25, 0.3) is 0 Å². The minimum Gasteiger partial charge on any atom is -0.399 e. The van der Waals surface area contributed by atoms with E-state index in [9.17, 15) is 4.79 Å². The van der Waals surface area contributed by atoms with E-state index in [4.69, 9.17) is 20.9 Å². The molecule has 4 nitrogen and oxygen atoms in total. The molecule has 0 bridgehead atoms. The maximum Gasteiger partial charge on any atom is 0.496 e. The number of hydrogen-bond acceptors (Lipinski definition) is 3. The molecule has 1 aromatic rings. The van der Waals surface area contributed by atoms with Crippen LogP contribution >= 0.6 is 11.6 Å². The standard InChI is InChI=1S/C16H23BClNO3/c1-15(2)16(3,4)22-17(21-15)12-9-11(7-8-13(12)18)10-14(20)19(5)6/h7-9H,10H2,1-6H3. The summed E-state index contributed by atoms with van der Waals surface area (Å²) in [6.45, 7) is 8.00. The van der Waals surface area contributed by atoms with E-state index in [0.717, 1.165) is 11.0 Å². The normalized spacial score (nSPS) is 19.3. The topological polar surface area (TPSA) is 38.8 Å². The average molecular weight is 324 g/mol. The highest BCUT2D eigenvalue weighted by molar-refractivity contribution is 6.65. The molecule has 22 heavy (non-hydrogen) atoms. The third-order valence-corrected chi connectivity index (χ3v) is 4.77. The van der Waals surface area contributed by atoms with Crippen molar-refractivity contribution in [3.63, 3.8) is 0 Å². The van der Waals surface area contributed by atoms with Gasteiger partial charge in [-0.1, -0.05) is 23.7 Å². The molecule has 1 aliphatic rings. The van der Waals surface area contributed by atoms with Crippen LogP contribution in [0.2, 0.25) is 5.02 Å². The van der Waals surface area contributed by atoms with Gasteiger partial charge in [0.25, 0.3) is 0 Å². The van der Waals surface area contributed by atoms with Crippen LogP contribution in [0, 0.1) is 0 Å². The zero-order chi connectivity index (χ0) is 16.7. The lowest BCUT2D eigenvalue weighted by molar-refractivity contribution is -0.127. The minimum atomic E-state index is -0.521. The fourth-order valence-electron chi connectivity index (χ4n) is 2.19. The number of hydrogen-bond donors (Lipinski definition) is 0. The lowest BCUT2D eigenvalue weighted by Gasteiger charge is -2.32. The van der Waals surface area contributed by atoms with Crippen LogP contribution in [0.4, 0.5) is 0 Å². The van der Waals surface area contributed by atoms with Gasteiger partial charge >= 0.3 is 7.12 Å². The summed E-state index contributed by atoms with van der Waals surface area (Å²) >= 11 is 6.31. The number of carbonyl (C=O) groups excluding carboxylic acids is 1. The average Bonchev–Trinajstić information content (AvgIpc) is 2.60. The summed E-state index contributed by atoms with van der Waals surface area (Å²) in [5.74, 6) is 0.0437. The van der Waals surface area contributed by atoms with Crippen LogP contribution < -0.4 is 5.46 Å². The Morgan fingerprint density at radius 1 is 1.18 bits per heavy atom. The van der Waals surface area contributed by atoms with Gasteiger partial charge in [0.2, 0.25) is 5.91 Å². The van der Waals surface area contributed by atoms with Crippen LogP contribution in [-0.2, 0) is 20.5 Å². The number of benzene rings is 1. The van der Waals surface area contributed by atoms with Gasteiger partial charge in [-0.25, -0.2) is 0 Å². The second kappa shape index (κ2) is 5.87. The predicted octanol–water partition coefficient (Wildman–Crippen LogP) is 2.27. The molecular weight excluding hydrogens is 300 g/mol. The summed E-state index contributed by atoms with van der Waals surface area (Å²) in [6, 6.07) is 5.55. The fraction of sp³-hybridized carbons (Fsp3) is 0.562. The molecule has 1 aliphatic heterocycles. The van der Waals surface area contributed by atoms with E-state index in [-0.39, 0.29) is 5.91 Å². The van der Waals surface area contributed by atoms with Gasteiger partial charge in [0.1, 0.15) is 0 Å². The molecule has 1 aromatic carbocycles. The maximum atomic E-state index is 11.9. The number of rotatable bonds is 3. The molecule has 0 spiro atoms. The molecule has 0 atom stereocenters. The fourth-order valence-corrected chi connectivity index (χ4v) is 2.39. The molecule has 0 aromatic heterocycles. The van der Waals surface area contributed by atoms with Crippen molar-refractivity contribution in [1.82, 2.24) is 4.90 Å². The molecular formula is C16H23BClNO3. The molecule has 0 N–H and O–H groups in total. The third kappa shape index (κ3) is 3.32. The van der Waals surface area contributed by atoms with Crippen LogP contribution in [0.5, 0.6) is 0 Å². The van der Waals surface area contributed by atoms with Crippen LogP contribution in [0.1, 0.15) is 33.3 Å². The SMILES string of the molecule is CN(C)C(=O)Cc1ccc(Cl)c(B2OC(C)(C)C(C)(C)O2)c1. The summed E-state index contributed by atoms with van der Waals surface area (Å²) in [7, 11) is 2.97. The minimum absolute atomic E-state index is 0.0437. The first-order chi connectivity index (χ1) is 10.0. The maximum absolute atomic E-state index is 11.9. The zero-order valence-corrected chi connectivity index (χ0v) is 14.8. The number of carbonyl (C=O) groups is 1. The van der Waals surface area contributed by atoms with E-state index < -0.39 is 18.3 Å². The molecule has 6 heteroatoms. The summed E-state index contributed by atoms with van der Waals surface area (Å²) in [5.41, 5.74) is 0.824. The Bertz CT molecular complexity index is 571. The van der Waals surface area contributed by atoms with E-state index in [2.05, 4.69) is 0 Å². The second-order valence-corrected chi connectivity index (χ2v) is 7.32. The van der Waals surface area contributed by atoms with Gasteiger partial charge < -0.3 is 14.2 Å². The Balaban J connectivity index is 2.27. The summed E-state index contributed by atoms with van der Waals surface area (Å²) in [6.07, 6.45) is 0.330. The quantitative estimate of drug-likeness (QED) is 0.801. The van der Waals surface area contributed by atoms with Gasteiger partial charge in [-0.3, -0.25) is 4.79 Å². The second-order valence-electron chi connectivity index (χ2n) is 6.91. The van der Waals surface area contributed by atoms with E-state index in [1.807, 2.05) is 39.8 Å². The van der Waals surface area contributed by atoms with Crippen molar-refractivity contribution in [3.8, 4) is 0 Å². The number of likely N-dealkylation sites (N-methyl/N-ethyl adjacent to an activating group) is 1. The van der Waals surface area contributed by atoms with Crippen LogP contribution in [-0.4, -0.2) is 43.2 Å². The molecule has 0 saturated carbocycles. The third-order valence-electron chi connectivity index (χ3n) is 4.42. The predicted molar refractivity (Wildman–Crippen MR) is 89.6 cm³/mol. The van der Waals surface area contributed by atoms with E-state index in [1.165, 1.54) is 0 Å². The first-order valence-electron chi connectivity index (χ1n) is 7.37. The molecule has 1 saturated heterocycles. The summed E-state index contributed by atoms with van der Waals surface area (Å²) in [5, 5.41) is 0.583. The van der Waals surface area contributed by atoms with Gasteiger partial charge in [-0.05, 0) is 39.3 Å². The van der Waals surface area contributed by atoms with Gasteiger partial charge in [-0.2, -0.15) is 0 Å². The van der Waals surface area contributed by atoms with Gasteiger partial charge in [0.05, 0.1) is 17.6 Å². The highest BCUT2D eigenvalue weighted by Crippen LogP contribution is 2.37. The Morgan fingerprint density at radius 2 is 1.73 bits per heavy atom. The Kier molecular flexibility index (Phi) is 4.62. The number of nitrogens with zero attached hydrogens (tertiary/aromatic N) is 1. The molecule has 0 radical (unpaired) electrons. The monoisotopic (exact) mass is 323 g/mol. The Morgan fingerprint density at radius 3 is 2.23 bits per heavy atom. The van der Waals surface area contributed by atoms with Crippen molar-refractivity contribution in [2.75, 3.05) is 14.1 Å². The lowest BCUT2D eigenvalue weighted by atomic mass is 9.78. The van der Waals surface area contributed by atoms with Crippen molar-refractivity contribution in [1.29, 1.82) is 0 Å². The molecule has 1 amide bonds. The molecule has 2 rings (SSSR count). The molecule has 1 fully saturated rings. The van der Waals surface area contributed by atoms with Crippen molar-refractivity contribution < 1.29 is 14.1 Å². The first kappa shape index (κ1) is 17.3. The van der Waals surface area contributed by atoms with Crippen molar-refractivity contribution in [2.24, 2.45) is 0 Å². The van der Waals surface area contributed by atoms with Gasteiger partial charge in [0, 0.05) is 24.6 Å². The lowest BCUT2D eigenvalue weighted by Crippen LogP contribution is -2.41. The van der Waals surface area contributed by atoms with Crippen LogP contribution in [0.3, 0.4) is 0 Å². The van der Waals surface area contributed by atoms with Gasteiger partial charge in [-0.15, -0.1) is 0 Å². The van der Waals surface area contributed by atoms with Crippen molar-refractivity contribution in [2.45, 2.75) is 45.3 Å². The van der Waals surface area contributed by atoms with Crippen molar-refractivity contribution in [3.05, 3.63) is 28.8 Å². The van der Waals surface area contributed by atoms with Gasteiger partial charge in [0.15, 0.2) is 0 Å². The highest BCUT2D eigenvalue weighted by Gasteiger charge is 2.52. The zero-order valence-electron chi connectivity index (χ0n) is 14.1. The first-order valence-corrected chi connectivity index (χ1v) is 7.75. The Labute approximate surface area is 137 Å². The smallest absolute Gasteiger partial charge is 0.399 e. The van der Waals surface area contributed by atoms with Crippen LogP contribution in [0.15, 0.2) is 18.2 Å². The molecule has 0 aliphatic carbocycles. The largest absolute Gasteiger partial charge is 0.496 e. The van der Waals surface area contributed by atoms with E-state index >= 15 is 0 Å². The highest BCUT2D eigenvalue weighted by atomic mass is 35.5. The Hall–Kier alpha value is -1.04. The summed E-state index contributed by atoms with van der Waals surface area (Å²) < 4.78 is 12.1. The van der Waals surface area contributed by atoms with Crippen molar-refractivity contribution >= 4 is 30.1 Å². The molecule has 120 valence electrons.